The number of hydrogen-bond acceptors (Lipinski definition) is 2. The molecule has 8 heteroatoms. The standard InChI is InChI=1S/C16H21F4NO2S/c1-5-6-9-23-11-7-8-12(13(17)10-11)14(16(18,19)20)21-24(22)15(2,3)4/h7-8,10H,5-6,9H2,1-4H3/t24-/m0/s1. The number of rotatable bonds is 6. The molecular weight excluding hydrogens is 346 g/mol. The Balaban J connectivity index is 3.21. The summed E-state index contributed by atoms with van der Waals surface area (Å²) in [5.74, 6) is -0.978. The number of halogens is 4. The highest BCUT2D eigenvalue weighted by atomic mass is 32.2. The molecule has 0 saturated carbocycles. The Hall–Kier alpha value is -1.44. The Morgan fingerprint density at radius 3 is 2.33 bits per heavy atom. The molecule has 0 aliphatic rings. The van der Waals surface area contributed by atoms with Crippen molar-refractivity contribution >= 4 is 16.7 Å². The fourth-order valence-corrected chi connectivity index (χ4v) is 2.23. The Labute approximate surface area is 141 Å². The van der Waals surface area contributed by atoms with Gasteiger partial charge in [-0.2, -0.15) is 17.6 Å². The van der Waals surface area contributed by atoms with Crippen molar-refractivity contribution in [1.29, 1.82) is 0 Å². The van der Waals surface area contributed by atoms with Crippen LogP contribution in [0.1, 0.15) is 46.1 Å². The maximum Gasteiger partial charge on any atom is 0.434 e. The minimum atomic E-state index is -4.92. The van der Waals surface area contributed by atoms with Gasteiger partial charge in [-0.15, -0.1) is 0 Å². The van der Waals surface area contributed by atoms with Crippen LogP contribution < -0.4 is 4.74 Å². The van der Waals surface area contributed by atoms with E-state index in [2.05, 4.69) is 4.40 Å². The molecule has 0 radical (unpaired) electrons. The highest BCUT2D eigenvalue weighted by Gasteiger charge is 2.40. The maximum atomic E-state index is 14.1. The topological polar surface area (TPSA) is 38.7 Å². The lowest BCUT2D eigenvalue weighted by Crippen LogP contribution is -2.29. The monoisotopic (exact) mass is 367 g/mol. The summed E-state index contributed by atoms with van der Waals surface area (Å²) in [6.07, 6.45) is -3.29. The molecule has 0 aromatic heterocycles. The lowest BCUT2D eigenvalue weighted by molar-refractivity contribution is -0.0580. The molecule has 0 spiro atoms. The average Bonchev–Trinajstić information content (AvgIpc) is 2.43. The summed E-state index contributed by atoms with van der Waals surface area (Å²) in [6, 6.07) is 3.07. The largest absolute Gasteiger partial charge is 0.493 e. The number of unbranched alkanes of at least 4 members (excludes halogenated alkanes) is 1. The van der Waals surface area contributed by atoms with E-state index in [0.717, 1.165) is 25.0 Å². The third-order valence-corrected chi connectivity index (χ3v) is 4.32. The van der Waals surface area contributed by atoms with Crippen molar-refractivity contribution in [2.75, 3.05) is 6.61 Å². The van der Waals surface area contributed by atoms with Gasteiger partial charge in [-0.3, -0.25) is 0 Å². The molecule has 0 N–H and O–H groups in total. The lowest BCUT2D eigenvalue weighted by atomic mass is 10.1. The fraction of sp³-hybridized carbons (Fsp3) is 0.562. The van der Waals surface area contributed by atoms with E-state index in [1.807, 2.05) is 6.92 Å². The molecule has 136 valence electrons. The quantitative estimate of drug-likeness (QED) is 0.411. The SMILES string of the molecule is CCCCOc1ccc(C(=N[S@@](=O)C(C)(C)C)C(F)(F)F)c(F)c1. The van der Waals surface area contributed by atoms with Gasteiger partial charge in [-0.05, 0) is 39.3 Å². The van der Waals surface area contributed by atoms with Gasteiger partial charge in [0.25, 0.3) is 0 Å². The van der Waals surface area contributed by atoms with Crippen LogP contribution in [0.25, 0.3) is 0 Å². The van der Waals surface area contributed by atoms with Crippen molar-refractivity contribution in [2.45, 2.75) is 51.5 Å². The molecule has 1 aromatic carbocycles. The zero-order valence-corrected chi connectivity index (χ0v) is 14.9. The number of ether oxygens (including phenoxy) is 1. The molecule has 0 amide bonds. The molecular formula is C16H21F4NO2S. The van der Waals surface area contributed by atoms with Crippen LogP contribution in [-0.2, 0) is 11.0 Å². The average molecular weight is 367 g/mol. The van der Waals surface area contributed by atoms with E-state index in [1.165, 1.54) is 26.8 Å². The number of benzene rings is 1. The van der Waals surface area contributed by atoms with Gasteiger partial charge in [0.2, 0.25) is 0 Å². The Bertz CT molecular complexity index is 621. The van der Waals surface area contributed by atoms with E-state index in [4.69, 9.17) is 4.74 Å². The van der Waals surface area contributed by atoms with Crippen molar-refractivity contribution < 1.29 is 26.5 Å². The van der Waals surface area contributed by atoms with Gasteiger partial charge in [0.15, 0.2) is 5.71 Å². The molecule has 1 aromatic rings. The van der Waals surface area contributed by atoms with Crippen LogP contribution in [0.4, 0.5) is 17.6 Å². The maximum absolute atomic E-state index is 14.1. The second-order valence-electron chi connectivity index (χ2n) is 6.14. The summed E-state index contributed by atoms with van der Waals surface area (Å²) in [5.41, 5.74) is -2.24. The zero-order valence-electron chi connectivity index (χ0n) is 14.0. The first-order valence-corrected chi connectivity index (χ1v) is 8.58. The van der Waals surface area contributed by atoms with Crippen LogP contribution in [0.2, 0.25) is 0 Å². The van der Waals surface area contributed by atoms with E-state index >= 15 is 0 Å². The molecule has 3 nitrogen and oxygen atoms in total. The van der Waals surface area contributed by atoms with Crippen LogP contribution in [0, 0.1) is 5.82 Å². The molecule has 1 rings (SSSR count). The predicted molar refractivity (Wildman–Crippen MR) is 87.3 cm³/mol. The highest BCUT2D eigenvalue weighted by molar-refractivity contribution is 7.85. The van der Waals surface area contributed by atoms with Gasteiger partial charge in [0, 0.05) is 11.6 Å². The molecule has 1 atom stereocenters. The van der Waals surface area contributed by atoms with Crippen LogP contribution in [-0.4, -0.2) is 27.5 Å². The Morgan fingerprint density at radius 1 is 1.25 bits per heavy atom. The summed E-state index contributed by atoms with van der Waals surface area (Å²) in [7, 11) is -2.16. The Kier molecular flexibility index (Phi) is 6.95. The minimum Gasteiger partial charge on any atom is -0.493 e. The first-order chi connectivity index (χ1) is 11.0. The first kappa shape index (κ1) is 20.6. The van der Waals surface area contributed by atoms with Gasteiger partial charge in [0.05, 0.1) is 11.4 Å². The minimum absolute atomic E-state index is 0.142. The molecule has 0 aliphatic heterocycles. The van der Waals surface area contributed by atoms with E-state index in [-0.39, 0.29) is 5.75 Å². The molecule has 0 aliphatic carbocycles. The van der Waals surface area contributed by atoms with Crippen LogP contribution >= 0.6 is 0 Å². The van der Waals surface area contributed by atoms with Crippen LogP contribution in [0.15, 0.2) is 22.6 Å². The molecule has 0 heterocycles. The number of hydrogen-bond donors (Lipinski definition) is 0. The predicted octanol–water partition coefficient (Wildman–Crippen LogP) is 4.82. The van der Waals surface area contributed by atoms with Crippen molar-refractivity contribution in [2.24, 2.45) is 4.40 Å². The normalized spacial score (nSPS) is 14.6. The second-order valence-corrected chi connectivity index (χ2v) is 8.05. The van der Waals surface area contributed by atoms with Crippen molar-refractivity contribution in [3.8, 4) is 5.75 Å². The third-order valence-electron chi connectivity index (χ3n) is 2.93. The Morgan fingerprint density at radius 2 is 1.88 bits per heavy atom. The first-order valence-electron chi connectivity index (χ1n) is 7.47. The summed E-state index contributed by atoms with van der Waals surface area (Å²) >= 11 is 0. The summed E-state index contributed by atoms with van der Waals surface area (Å²) < 4.78 is 73.2. The van der Waals surface area contributed by atoms with E-state index < -0.39 is 39.0 Å². The van der Waals surface area contributed by atoms with E-state index in [9.17, 15) is 21.8 Å². The molecule has 0 fully saturated rings. The van der Waals surface area contributed by atoms with Gasteiger partial charge >= 0.3 is 6.18 Å². The highest BCUT2D eigenvalue weighted by Crippen LogP contribution is 2.28. The van der Waals surface area contributed by atoms with Crippen LogP contribution in [0.5, 0.6) is 5.75 Å². The second kappa shape index (κ2) is 8.09. The smallest absolute Gasteiger partial charge is 0.434 e. The van der Waals surface area contributed by atoms with Crippen LogP contribution in [0.3, 0.4) is 0 Å². The fourth-order valence-electron chi connectivity index (χ4n) is 1.59. The van der Waals surface area contributed by atoms with Gasteiger partial charge in [-0.1, -0.05) is 13.3 Å². The molecule has 0 saturated heterocycles. The van der Waals surface area contributed by atoms with Crippen molar-refractivity contribution in [3.05, 3.63) is 29.6 Å². The van der Waals surface area contributed by atoms with Gasteiger partial charge in [-0.25, -0.2) is 8.60 Å². The van der Waals surface area contributed by atoms with E-state index in [0.29, 0.717) is 6.61 Å². The van der Waals surface area contributed by atoms with Gasteiger partial charge < -0.3 is 4.74 Å². The molecule has 24 heavy (non-hydrogen) atoms. The van der Waals surface area contributed by atoms with Gasteiger partial charge in [0.1, 0.15) is 22.6 Å². The van der Waals surface area contributed by atoms with E-state index in [1.54, 1.807) is 0 Å². The number of nitrogens with zero attached hydrogens (tertiary/aromatic N) is 1. The lowest BCUT2D eigenvalue weighted by Gasteiger charge is -2.17. The summed E-state index contributed by atoms with van der Waals surface area (Å²) in [5, 5.41) is 0. The van der Waals surface area contributed by atoms with Crippen molar-refractivity contribution in [1.82, 2.24) is 0 Å². The zero-order chi connectivity index (χ0) is 18.5. The van der Waals surface area contributed by atoms with Crippen molar-refractivity contribution in [3.63, 3.8) is 0 Å². The third kappa shape index (κ3) is 5.89. The molecule has 0 bridgehead atoms. The summed E-state index contributed by atoms with van der Waals surface area (Å²) in [4.78, 5) is 0. The number of alkyl halides is 3. The molecule has 0 unspecified atom stereocenters. The summed E-state index contributed by atoms with van der Waals surface area (Å²) in [6.45, 7) is 6.77.